The average molecular weight is 319 g/mol. The molecule has 0 aliphatic carbocycles. The SMILES string of the molecule is CCCCCCCCCCCCC(OC)C([SiH3])(OC)OC. The average Bonchev–Trinajstić information content (AvgIpc) is 2.52. The van der Waals surface area contributed by atoms with Crippen LogP contribution >= 0.6 is 0 Å². The summed E-state index contributed by atoms with van der Waals surface area (Å²) in [5.41, 5.74) is -0.492. The highest BCUT2D eigenvalue weighted by molar-refractivity contribution is 6.13. The Hall–Kier alpha value is 0.0969. The Bertz CT molecular complexity index is 220. The number of ether oxygens (including phenoxy) is 3. The molecule has 0 aromatic carbocycles. The highest BCUT2D eigenvalue weighted by atomic mass is 28.1. The lowest BCUT2D eigenvalue weighted by atomic mass is 10.0. The molecule has 0 radical (unpaired) electrons. The number of hydrogen-bond donors (Lipinski definition) is 0. The van der Waals surface area contributed by atoms with Crippen LogP contribution in [0.1, 0.15) is 77.6 Å². The molecule has 0 aromatic heterocycles. The number of methoxy groups -OCH3 is 3. The van der Waals surface area contributed by atoms with E-state index in [0.29, 0.717) is 0 Å². The fourth-order valence-electron chi connectivity index (χ4n) is 2.76. The van der Waals surface area contributed by atoms with Crippen LogP contribution in [0.15, 0.2) is 0 Å². The molecule has 1 unspecified atom stereocenters. The van der Waals surface area contributed by atoms with Crippen molar-refractivity contribution >= 4 is 10.2 Å². The molecule has 0 aliphatic heterocycles. The maximum atomic E-state index is 5.56. The molecule has 0 saturated carbocycles. The van der Waals surface area contributed by atoms with Crippen LogP contribution in [0.5, 0.6) is 0 Å². The van der Waals surface area contributed by atoms with Gasteiger partial charge < -0.3 is 14.2 Å². The van der Waals surface area contributed by atoms with Crippen molar-refractivity contribution in [1.29, 1.82) is 0 Å². The molecule has 128 valence electrons. The van der Waals surface area contributed by atoms with E-state index >= 15 is 0 Å². The van der Waals surface area contributed by atoms with E-state index in [1.165, 1.54) is 64.2 Å². The minimum Gasteiger partial charge on any atom is -0.376 e. The van der Waals surface area contributed by atoms with Gasteiger partial charge in [-0.3, -0.25) is 0 Å². The quantitative estimate of drug-likeness (QED) is 0.262. The normalized spacial score (nSPS) is 13.7. The second kappa shape index (κ2) is 13.7. The van der Waals surface area contributed by atoms with Crippen LogP contribution in [0.4, 0.5) is 0 Å². The van der Waals surface area contributed by atoms with Crippen LogP contribution in [0.3, 0.4) is 0 Å². The summed E-state index contributed by atoms with van der Waals surface area (Å²) in [6.07, 6.45) is 14.7. The van der Waals surface area contributed by atoms with Crippen molar-refractivity contribution in [2.24, 2.45) is 0 Å². The fraction of sp³-hybridized carbons (Fsp3) is 1.00. The third kappa shape index (κ3) is 9.66. The van der Waals surface area contributed by atoms with Gasteiger partial charge in [0.15, 0.2) is 5.41 Å². The maximum absolute atomic E-state index is 5.56. The highest BCUT2D eigenvalue weighted by Gasteiger charge is 2.33. The molecule has 0 amide bonds. The van der Waals surface area contributed by atoms with Crippen LogP contribution < -0.4 is 0 Å². The first-order valence-corrected chi connectivity index (χ1v) is 9.77. The van der Waals surface area contributed by atoms with Crippen LogP contribution in [0, 0.1) is 0 Å². The zero-order chi connectivity index (χ0) is 16.0. The van der Waals surface area contributed by atoms with Crippen LogP contribution in [-0.4, -0.2) is 43.1 Å². The molecule has 0 rings (SSSR count). The van der Waals surface area contributed by atoms with E-state index in [9.17, 15) is 0 Å². The molecular formula is C17H38O3Si. The zero-order valence-electron chi connectivity index (χ0n) is 15.1. The van der Waals surface area contributed by atoms with Gasteiger partial charge in [0.05, 0.1) is 10.2 Å². The topological polar surface area (TPSA) is 27.7 Å². The Morgan fingerprint density at radius 1 is 0.762 bits per heavy atom. The van der Waals surface area contributed by atoms with Crippen LogP contribution in [0.25, 0.3) is 0 Å². The third-order valence-corrected chi connectivity index (χ3v) is 5.96. The van der Waals surface area contributed by atoms with Crippen molar-refractivity contribution in [2.75, 3.05) is 21.3 Å². The first-order chi connectivity index (χ1) is 10.1. The van der Waals surface area contributed by atoms with E-state index in [1.54, 1.807) is 21.3 Å². The summed E-state index contributed by atoms with van der Waals surface area (Å²) >= 11 is 0. The van der Waals surface area contributed by atoms with Gasteiger partial charge in [0.2, 0.25) is 0 Å². The molecule has 4 heteroatoms. The first kappa shape index (κ1) is 21.1. The van der Waals surface area contributed by atoms with Gasteiger partial charge >= 0.3 is 0 Å². The van der Waals surface area contributed by atoms with Crippen molar-refractivity contribution in [3.63, 3.8) is 0 Å². The van der Waals surface area contributed by atoms with E-state index < -0.39 is 5.41 Å². The van der Waals surface area contributed by atoms with Crippen LogP contribution in [-0.2, 0) is 14.2 Å². The Morgan fingerprint density at radius 3 is 1.57 bits per heavy atom. The van der Waals surface area contributed by atoms with Gasteiger partial charge in [-0.25, -0.2) is 0 Å². The second-order valence-electron chi connectivity index (χ2n) is 6.12. The van der Waals surface area contributed by atoms with Gasteiger partial charge in [0.25, 0.3) is 0 Å². The monoisotopic (exact) mass is 318 g/mol. The van der Waals surface area contributed by atoms with E-state index in [-0.39, 0.29) is 6.10 Å². The summed E-state index contributed by atoms with van der Waals surface area (Å²) in [5.74, 6) is 0. The van der Waals surface area contributed by atoms with Crippen molar-refractivity contribution in [3.8, 4) is 0 Å². The van der Waals surface area contributed by atoms with Gasteiger partial charge in [-0.1, -0.05) is 71.1 Å². The molecule has 0 N–H and O–H groups in total. The minimum atomic E-state index is -0.492. The predicted octanol–water partition coefficient (Wildman–Crippen LogP) is 3.62. The van der Waals surface area contributed by atoms with E-state index in [2.05, 4.69) is 6.92 Å². The smallest absolute Gasteiger partial charge is 0.165 e. The summed E-state index contributed by atoms with van der Waals surface area (Å²) in [6.45, 7) is 2.27. The van der Waals surface area contributed by atoms with Gasteiger partial charge in [-0.15, -0.1) is 0 Å². The number of hydrogen-bond acceptors (Lipinski definition) is 3. The fourth-order valence-corrected chi connectivity index (χ4v) is 3.28. The molecule has 21 heavy (non-hydrogen) atoms. The molecular weight excluding hydrogens is 280 g/mol. The predicted molar refractivity (Wildman–Crippen MR) is 93.9 cm³/mol. The van der Waals surface area contributed by atoms with E-state index in [1.807, 2.05) is 0 Å². The summed E-state index contributed by atoms with van der Waals surface area (Å²) in [7, 11) is 5.99. The lowest BCUT2D eigenvalue weighted by molar-refractivity contribution is -0.209. The van der Waals surface area contributed by atoms with Gasteiger partial charge in [-0.05, 0) is 6.42 Å². The molecule has 0 fully saturated rings. The molecule has 0 aliphatic rings. The molecule has 1 atom stereocenters. The Morgan fingerprint density at radius 2 is 1.19 bits per heavy atom. The van der Waals surface area contributed by atoms with Gasteiger partial charge in [-0.2, -0.15) is 0 Å². The molecule has 3 nitrogen and oxygen atoms in total. The number of unbranched alkanes of at least 4 members (excludes halogenated alkanes) is 9. The molecule has 0 heterocycles. The minimum absolute atomic E-state index is 0.0632. The Balaban J connectivity index is 3.56. The molecule has 0 saturated heterocycles. The summed E-state index contributed by atoms with van der Waals surface area (Å²) in [6, 6.07) is 0. The Labute approximate surface area is 135 Å². The lowest BCUT2D eigenvalue weighted by Crippen LogP contribution is -2.47. The van der Waals surface area contributed by atoms with Gasteiger partial charge in [0, 0.05) is 21.3 Å². The van der Waals surface area contributed by atoms with E-state index in [4.69, 9.17) is 14.2 Å². The standard InChI is InChI=1S/C17H38O3Si/c1-5-6-7-8-9-10-11-12-13-14-15-16(18-2)17(21,19-3)20-4/h16H,5-15H2,1-4,21H3. The summed E-state index contributed by atoms with van der Waals surface area (Å²) < 4.78 is 16.6. The largest absolute Gasteiger partial charge is 0.376 e. The third-order valence-electron chi connectivity index (χ3n) is 4.50. The second-order valence-corrected chi connectivity index (χ2v) is 7.51. The van der Waals surface area contributed by atoms with E-state index in [0.717, 1.165) is 16.7 Å². The lowest BCUT2D eigenvalue weighted by Gasteiger charge is -2.34. The Kier molecular flexibility index (Phi) is 13.8. The summed E-state index contributed by atoms with van der Waals surface area (Å²) in [4.78, 5) is 0. The highest BCUT2D eigenvalue weighted by Crippen LogP contribution is 2.21. The molecule has 0 aromatic rings. The first-order valence-electron chi connectivity index (χ1n) is 8.77. The molecule has 0 bridgehead atoms. The maximum Gasteiger partial charge on any atom is 0.165 e. The summed E-state index contributed by atoms with van der Waals surface area (Å²) in [5, 5.41) is 0. The van der Waals surface area contributed by atoms with Gasteiger partial charge in [0.1, 0.15) is 6.10 Å². The molecule has 0 spiro atoms. The van der Waals surface area contributed by atoms with Crippen molar-refractivity contribution < 1.29 is 14.2 Å². The zero-order valence-corrected chi connectivity index (χ0v) is 17.1. The number of rotatable bonds is 15. The van der Waals surface area contributed by atoms with Crippen molar-refractivity contribution in [3.05, 3.63) is 0 Å². The van der Waals surface area contributed by atoms with Crippen LogP contribution in [0.2, 0.25) is 0 Å². The van der Waals surface area contributed by atoms with Crippen molar-refractivity contribution in [1.82, 2.24) is 0 Å². The van der Waals surface area contributed by atoms with Crippen molar-refractivity contribution in [2.45, 2.75) is 89.1 Å².